The van der Waals surface area contributed by atoms with Crippen LogP contribution in [-0.4, -0.2) is 25.2 Å². The minimum absolute atomic E-state index is 0.256. The van der Waals surface area contributed by atoms with E-state index < -0.39 is 17.4 Å². The van der Waals surface area contributed by atoms with Crippen molar-refractivity contribution in [3.63, 3.8) is 0 Å². The van der Waals surface area contributed by atoms with Crippen LogP contribution >= 0.6 is 0 Å². The standard InChI is InChI=1S/C16H22O4/c1-4-16(3,14(17)19-5-2)15(18)20-12-11-13-9-7-6-8-10-13/h6-10H,4-5,11-12H2,1-3H3. The lowest BCUT2D eigenvalue weighted by Crippen LogP contribution is -2.39. The van der Waals surface area contributed by atoms with E-state index in [0.29, 0.717) is 12.8 Å². The van der Waals surface area contributed by atoms with Gasteiger partial charge in [-0.1, -0.05) is 37.3 Å². The number of hydrogen-bond acceptors (Lipinski definition) is 4. The lowest BCUT2D eigenvalue weighted by Gasteiger charge is -2.23. The van der Waals surface area contributed by atoms with Crippen molar-refractivity contribution in [3.05, 3.63) is 35.9 Å². The average molecular weight is 278 g/mol. The molecule has 1 aromatic rings. The van der Waals surface area contributed by atoms with Crippen LogP contribution in [0.4, 0.5) is 0 Å². The molecule has 0 aliphatic carbocycles. The van der Waals surface area contributed by atoms with Crippen molar-refractivity contribution in [3.8, 4) is 0 Å². The fraction of sp³-hybridized carbons (Fsp3) is 0.500. The fourth-order valence-electron chi connectivity index (χ4n) is 1.73. The summed E-state index contributed by atoms with van der Waals surface area (Å²) in [7, 11) is 0. The van der Waals surface area contributed by atoms with E-state index in [4.69, 9.17) is 9.47 Å². The van der Waals surface area contributed by atoms with Gasteiger partial charge in [0.25, 0.3) is 0 Å². The zero-order chi connectivity index (χ0) is 15.0. The summed E-state index contributed by atoms with van der Waals surface area (Å²) in [5.74, 6) is -1.04. The van der Waals surface area contributed by atoms with Gasteiger partial charge < -0.3 is 9.47 Å². The first-order valence-corrected chi connectivity index (χ1v) is 6.93. The van der Waals surface area contributed by atoms with Crippen molar-refractivity contribution in [1.82, 2.24) is 0 Å². The predicted molar refractivity (Wildman–Crippen MR) is 76.1 cm³/mol. The smallest absolute Gasteiger partial charge is 0.323 e. The molecular weight excluding hydrogens is 256 g/mol. The van der Waals surface area contributed by atoms with Crippen molar-refractivity contribution in [2.24, 2.45) is 5.41 Å². The SMILES string of the molecule is CCOC(=O)C(C)(CC)C(=O)OCCc1ccccc1. The number of rotatable bonds is 7. The first kappa shape index (κ1) is 16.2. The van der Waals surface area contributed by atoms with Crippen LogP contribution in [0.2, 0.25) is 0 Å². The number of carbonyl (C=O) groups excluding carboxylic acids is 2. The molecule has 4 heteroatoms. The Morgan fingerprint density at radius 1 is 1.05 bits per heavy atom. The van der Waals surface area contributed by atoms with Crippen molar-refractivity contribution < 1.29 is 19.1 Å². The van der Waals surface area contributed by atoms with E-state index in [-0.39, 0.29) is 13.2 Å². The molecule has 110 valence electrons. The maximum atomic E-state index is 12.1. The van der Waals surface area contributed by atoms with Crippen LogP contribution in [0, 0.1) is 5.41 Å². The van der Waals surface area contributed by atoms with Crippen LogP contribution in [0.25, 0.3) is 0 Å². The maximum Gasteiger partial charge on any atom is 0.323 e. The van der Waals surface area contributed by atoms with Gasteiger partial charge >= 0.3 is 11.9 Å². The Hall–Kier alpha value is -1.84. The van der Waals surface area contributed by atoms with Crippen LogP contribution in [0.15, 0.2) is 30.3 Å². The largest absolute Gasteiger partial charge is 0.465 e. The highest BCUT2D eigenvalue weighted by molar-refractivity contribution is 5.99. The predicted octanol–water partition coefficient (Wildman–Crippen LogP) is 2.75. The average Bonchev–Trinajstić information content (AvgIpc) is 2.47. The van der Waals surface area contributed by atoms with Crippen LogP contribution in [-0.2, 0) is 25.5 Å². The summed E-state index contributed by atoms with van der Waals surface area (Å²) < 4.78 is 10.2. The third-order valence-electron chi connectivity index (χ3n) is 3.35. The summed E-state index contributed by atoms with van der Waals surface area (Å²) in [6.45, 7) is 5.57. The Morgan fingerprint density at radius 2 is 1.65 bits per heavy atom. The second kappa shape index (κ2) is 7.68. The molecule has 1 rings (SSSR count). The summed E-state index contributed by atoms with van der Waals surface area (Å²) in [4.78, 5) is 23.9. The molecule has 0 heterocycles. The Kier molecular flexibility index (Phi) is 6.22. The zero-order valence-corrected chi connectivity index (χ0v) is 12.3. The molecule has 0 aliphatic rings. The lowest BCUT2D eigenvalue weighted by atomic mass is 9.88. The first-order chi connectivity index (χ1) is 9.54. The molecule has 1 atom stereocenters. The number of esters is 2. The molecule has 0 aromatic heterocycles. The monoisotopic (exact) mass is 278 g/mol. The van der Waals surface area contributed by atoms with E-state index >= 15 is 0 Å². The molecule has 4 nitrogen and oxygen atoms in total. The number of ether oxygens (including phenoxy) is 2. The van der Waals surface area contributed by atoms with Gasteiger partial charge in [0.1, 0.15) is 0 Å². The minimum atomic E-state index is -1.22. The maximum absolute atomic E-state index is 12.1. The Morgan fingerprint density at radius 3 is 2.20 bits per heavy atom. The second-order valence-electron chi connectivity index (χ2n) is 4.78. The van der Waals surface area contributed by atoms with Gasteiger partial charge in [0.2, 0.25) is 0 Å². The Balaban J connectivity index is 2.53. The van der Waals surface area contributed by atoms with Crippen molar-refractivity contribution >= 4 is 11.9 Å². The van der Waals surface area contributed by atoms with Gasteiger partial charge in [-0.3, -0.25) is 9.59 Å². The molecule has 0 aliphatic heterocycles. The number of hydrogen-bond donors (Lipinski definition) is 0. The summed E-state index contributed by atoms with van der Waals surface area (Å²) >= 11 is 0. The van der Waals surface area contributed by atoms with Gasteiger partial charge in [-0.25, -0.2) is 0 Å². The molecule has 0 N–H and O–H groups in total. The molecule has 1 aromatic carbocycles. The van der Waals surface area contributed by atoms with Gasteiger partial charge in [-0.15, -0.1) is 0 Å². The Bertz CT molecular complexity index is 441. The van der Waals surface area contributed by atoms with E-state index in [1.165, 1.54) is 0 Å². The normalized spacial score (nSPS) is 13.3. The van der Waals surface area contributed by atoms with E-state index in [0.717, 1.165) is 5.56 Å². The molecule has 1 unspecified atom stereocenters. The summed E-state index contributed by atoms with van der Waals surface area (Å²) in [5.41, 5.74) is -0.123. The number of carbonyl (C=O) groups is 2. The third kappa shape index (κ3) is 4.08. The van der Waals surface area contributed by atoms with Gasteiger partial charge in [0, 0.05) is 6.42 Å². The molecule has 0 saturated heterocycles. The molecule has 0 spiro atoms. The highest BCUT2D eigenvalue weighted by Gasteiger charge is 2.42. The number of benzene rings is 1. The molecule has 0 bridgehead atoms. The zero-order valence-electron chi connectivity index (χ0n) is 12.3. The lowest BCUT2D eigenvalue weighted by molar-refractivity contribution is -0.171. The van der Waals surface area contributed by atoms with Crippen LogP contribution in [0.3, 0.4) is 0 Å². The van der Waals surface area contributed by atoms with E-state index in [2.05, 4.69) is 0 Å². The quantitative estimate of drug-likeness (QED) is 0.568. The minimum Gasteiger partial charge on any atom is -0.465 e. The summed E-state index contributed by atoms with van der Waals surface area (Å²) in [6.07, 6.45) is 0.991. The highest BCUT2D eigenvalue weighted by atomic mass is 16.6. The van der Waals surface area contributed by atoms with Crippen LogP contribution in [0.1, 0.15) is 32.8 Å². The molecule has 20 heavy (non-hydrogen) atoms. The summed E-state index contributed by atoms with van der Waals surface area (Å²) in [6, 6.07) is 9.75. The summed E-state index contributed by atoms with van der Waals surface area (Å²) in [5, 5.41) is 0. The molecular formula is C16H22O4. The second-order valence-corrected chi connectivity index (χ2v) is 4.78. The molecule has 0 saturated carbocycles. The highest BCUT2D eigenvalue weighted by Crippen LogP contribution is 2.25. The van der Waals surface area contributed by atoms with Gasteiger partial charge in [0.05, 0.1) is 13.2 Å². The van der Waals surface area contributed by atoms with Gasteiger partial charge in [0.15, 0.2) is 5.41 Å². The van der Waals surface area contributed by atoms with Crippen molar-refractivity contribution in [1.29, 1.82) is 0 Å². The van der Waals surface area contributed by atoms with Gasteiger partial charge in [-0.05, 0) is 25.8 Å². The van der Waals surface area contributed by atoms with Crippen LogP contribution in [0.5, 0.6) is 0 Å². The van der Waals surface area contributed by atoms with Crippen molar-refractivity contribution in [2.45, 2.75) is 33.6 Å². The van der Waals surface area contributed by atoms with Crippen molar-refractivity contribution in [2.75, 3.05) is 13.2 Å². The molecule has 0 fully saturated rings. The van der Waals surface area contributed by atoms with Crippen LogP contribution < -0.4 is 0 Å². The Labute approximate surface area is 120 Å². The van der Waals surface area contributed by atoms with E-state index in [1.807, 2.05) is 30.3 Å². The molecule has 0 amide bonds. The third-order valence-corrected chi connectivity index (χ3v) is 3.35. The fourth-order valence-corrected chi connectivity index (χ4v) is 1.73. The van der Waals surface area contributed by atoms with Gasteiger partial charge in [-0.2, -0.15) is 0 Å². The van der Waals surface area contributed by atoms with E-state index in [1.54, 1.807) is 20.8 Å². The topological polar surface area (TPSA) is 52.6 Å². The van der Waals surface area contributed by atoms with E-state index in [9.17, 15) is 9.59 Å². The molecule has 0 radical (unpaired) electrons. The first-order valence-electron chi connectivity index (χ1n) is 6.93.